The van der Waals surface area contributed by atoms with Crippen LogP contribution in [0, 0.1) is 0 Å². The zero-order valence-corrected chi connectivity index (χ0v) is 12.9. The van der Waals surface area contributed by atoms with Crippen LogP contribution in [0.25, 0.3) is 10.9 Å². The van der Waals surface area contributed by atoms with Crippen LogP contribution in [-0.2, 0) is 21.2 Å². The molecule has 7 heteroatoms. The molecule has 112 valence electrons. The molecular formula is C15H11ClN2O3S. The molecule has 0 N–H and O–H groups in total. The van der Waals surface area contributed by atoms with Crippen LogP contribution in [0.2, 0.25) is 5.15 Å². The highest BCUT2D eigenvalue weighted by Crippen LogP contribution is 2.29. The van der Waals surface area contributed by atoms with Gasteiger partial charge in [0.25, 0.3) is 10.0 Å². The average molecular weight is 335 g/mol. The smallest absolute Gasteiger partial charge is 0.268 e. The number of carbonyl (C=O) groups is 1. The first kappa shape index (κ1) is 14.7. The number of aldehydes is 1. The van der Waals surface area contributed by atoms with Crippen LogP contribution in [0.1, 0.15) is 5.69 Å². The molecule has 0 fully saturated rings. The Bertz CT molecular complexity index is 950. The molecule has 22 heavy (non-hydrogen) atoms. The number of nitrogens with zero attached hydrogens (tertiary/aromatic N) is 2. The van der Waals surface area contributed by atoms with Crippen molar-refractivity contribution in [1.82, 2.24) is 8.96 Å². The zero-order valence-electron chi connectivity index (χ0n) is 11.3. The van der Waals surface area contributed by atoms with Crippen LogP contribution >= 0.6 is 11.6 Å². The van der Waals surface area contributed by atoms with Gasteiger partial charge in [-0.25, -0.2) is 17.4 Å². The maximum atomic E-state index is 12.9. The Morgan fingerprint density at radius 3 is 2.59 bits per heavy atom. The number of fused-ring (bicyclic) bond motifs is 1. The molecule has 2 heterocycles. The van der Waals surface area contributed by atoms with Crippen molar-refractivity contribution in [2.45, 2.75) is 11.3 Å². The van der Waals surface area contributed by atoms with Gasteiger partial charge in [-0.15, -0.1) is 0 Å². The molecule has 3 rings (SSSR count). The fraction of sp³-hybridized carbons (Fsp3) is 0.0667. The predicted molar refractivity (Wildman–Crippen MR) is 83.5 cm³/mol. The minimum Gasteiger partial charge on any atom is -0.303 e. The monoisotopic (exact) mass is 334 g/mol. The molecule has 0 amide bonds. The second-order valence-electron chi connectivity index (χ2n) is 4.62. The van der Waals surface area contributed by atoms with Gasteiger partial charge in [-0.2, -0.15) is 0 Å². The van der Waals surface area contributed by atoms with Crippen LogP contribution < -0.4 is 0 Å². The Morgan fingerprint density at radius 2 is 1.91 bits per heavy atom. The second kappa shape index (κ2) is 5.55. The molecule has 0 aliphatic heterocycles. The van der Waals surface area contributed by atoms with Crippen molar-refractivity contribution >= 4 is 38.8 Å². The van der Waals surface area contributed by atoms with Crippen molar-refractivity contribution in [3.05, 3.63) is 59.5 Å². The molecule has 0 atom stereocenters. The van der Waals surface area contributed by atoms with E-state index in [9.17, 15) is 13.2 Å². The number of benzene rings is 1. The first-order valence-electron chi connectivity index (χ1n) is 6.45. The molecule has 0 saturated carbocycles. The molecule has 5 nitrogen and oxygen atoms in total. The molecule has 0 aliphatic carbocycles. The van der Waals surface area contributed by atoms with E-state index >= 15 is 0 Å². The zero-order chi connectivity index (χ0) is 15.7. The van der Waals surface area contributed by atoms with Gasteiger partial charge in [0.2, 0.25) is 0 Å². The van der Waals surface area contributed by atoms with Gasteiger partial charge in [0.1, 0.15) is 11.4 Å². The van der Waals surface area contributed by atoms with Crippen molar-refractivity contribution in [3.63, 3.8) is 0 Å². The lowest BCUT2D eigenvalue weighted by molar-refractivity contribution is -0.107. The number of hydrogen-bond acceptors (Lipinski definition) is 4. The minimum absolute atomic E-state index is 0.0307. The fourth-order valence-electron chi connectivity index (χ4n) is 2.34. The fourth-order valence-corrected chi connectivity index (χ4v) is 4.11. The number of aromatic nitrogens is 2. The van der Waals surface area contributed by atoms with Crippen molar-refractivity contribution in [2.24, 2.45) is 0 Å². The summed E-state index contributed by atoms with van der Waals surface area (Å²) in [4.78, 5) is 15.0. The molecule has 0 radical (unpaired) electrons. The summed E-state index contributed by atoms with van der Waals surface area (Å²) < 4.78 is 27.0. The Labute approximate surface area is 132 Å². The summed E-state index contributed by atoms with van der Waals surface area (Å²) in [5, 5.41) is 0.701. The Kier molecular flexibility index (Phi) is 3.72. The van der Waals surface area contributed by atoms with E-state index in [1.807, 2.05) is 0 Å². The van der Waals surface area contributed by atoms with Crippen LogP contribution in [0.4, 0.5) is 0 Å². The third-order valence-corrected chi connectivity index (χ3v) is 5.36. The highest BCUT2D eigenvalue weighted by atomic mass is 35.5. The second-order valence-corrected chi connectivity index (χ2v) is 6.77. The molecular weight excluding hydrogens is 324 g/mol. The maximum Gasteiger partial charge on any atom is 0.268 e. The Balaban J connectivity index is 2.36. The highest BCUT2D eigenvalue weighted by Gasteiger charge is 2.23. The lowest BCUT2D eigenvalue weighted by atomic mass is 10.3. The van der Waals surface area contributed by atoms with Gasteiger partial charge < -0.3 is 4.79 Å². The van der Waals surface area contributed by atoms with E-state index in [1.54, 1.807) is 30.3 Å². The number of pyridine rings is 1. The number of carbonyl (C=O) groups excluding carboxylic acids is 1. The van der Waals surface area contributed by atoms with E-state index in [2.05, 4.69) is 4.98 Å². The molecule has 0 bridgehead atoms. The van der Waals surface area contributed by atoms with Crippen molar-refractivity contribution in [3.8, 4) is 0 Å². The number of rotatable bonds is 4. The van der Waals surface area contributed by atoms with E-state index in [0.717, 1.165) is 3.97 Å². The van der Waals surface area contributed by atoms with E-state index in [-0.39, 0.29) is 16.5 Å². The summed E-state index contributed by atoms with van der Waals surface area (Å²) >= 11 is 6.03. The van der Waals surface area contributed by atoms with Crippen molar-refractivity contribution in [1.29, 1.82) is 0 Å². The van der Waals surface area contributed by atoms with E-state index in [4.69, 9.17) is 11.6 Å². The number of hydrogen-bond donors (Lipinski definition) is 0. The largest absolute Gasteiger partial charge is 0.303 e. The molecule has 3 aromatic rings. The SMILES string of the molecule is O=CCc1cc2c(Cl)nccc2n1S(=O)(=O)c1ccccc1. The van der Waals surface area contributed by atoms with Crippen LogP contribution in [0.15, 0.2) is 53.6 Å². The van der Waals surface area contributed by atoms with Gasteiger partial charge in [0.15, 0.2) is 0 Å². The van der Waals surface area contributed by atoms with Crippen molar-refractivity contribution in [2.75, 3.05) is 0 Å². The minimum atomic E-state index is -3.82. The van der Waals surface area contributed by atoms with E-state index in [1.165, 1.54) is 18.3 Å². The van der Waals surface area contributed by atoms with E-state index in [0.29, 0.717) is 22.9 Å². The van der Waals surface area contributed by atoms with Crippen LogP contribution in [0.5, 0.6) is 0 Å². The summed E-state index contributed by atoms with van der Waals surface area (Å²) in [7, 11) is -3.82. The summed E-state index contributed by atoms with van der Waals surface area (Å²) in [6.07, 6.45) is 2.07. The van der Waals surface area contributed by atoms with Crippen LogP contribution in [-0.4, -0.2) is 23.7 Å². The molecule has 0 saturated heterocycles. The standard InChI is InChI=1S/C15H11ClN2O3S/c16-15-13-10-11(7-9-19)18(14(13)6-8-17-15)22(20,21)12-4-2-1-3-5-12/h1-6,8-10H,7H2. The summed E-state index contributed by atoms with van der Waals surface area (Å²) in [5.41, 5.74) is 0.754. The molecule has 1 aromatic carbocycles. The van der Waals surface area contributed by atoms with Crippen molar-refractivity contribution < 1.29 is 13.2 Å². The Morgan fingerprint density at radius 1 is 1.18 bits per heavy atom. The van der Waals surface area contributed by atoms with Gasteiger partial charge in [0.05, 0.1) is 10.4 Å². The van der Waals surface area contributed by atoms with Gasteiger partial charge >= 0.3 is 0 Å². The Hall–Kier alpha value is -2.18. The third-order valence-electron chi connectivity index (χ3n) is 3.28. The predicted octanol–water partition coefficient (Wildman–Crippen LogP) is 2.67. The van der Waals surface area contributed by atoms with Gasteiger partial charge in [0, 0.05) is 23.7 Å². The number of halogens is 1. The van der Waals surface area contributed by atoms with Gasteiger partial charge in [-0.05, 0) is 24.3 Å². The van der Waals surface area contributed by atoms with Gasteiger partial charge in [-0.1, -0.05) is 29.8 Å². The first-order chi connectivity index (χ1) is 10.6. The third kappa shape index (κ3) is 2.30. The van der Waals surface area contributed by atoms with Gasteiger partial charge in [-0.3, -0.25) is 0 Å². The molecule has 0 spiro atoms. The normalized spacial score (nSPS) is 11.7. The summed E-state index contributed by atoms with van der Waals surface area (Å²) in [6.45, 7) is 0. The lowest BCUT2D eigenvalue weighted by Crippen LogP contribution is -2.15. The first-order valence-corrected chi connectivity index (χ1v) is 8.26. The summed E-state index contributed by atoms with van der Waals surface area (Å²) in [5.74, 6) is 0. The molecule has 0 aliphatic rings. The summed E-state index contributed by atoms with van der Waals surface area (Å²) in [6, 6.07) is 11.2. The van der Waals surface area contributed by atoms with E-state index < -0.39 is 10.0 Å². The molecule has 2 aromatic heterocycles. The quantitative estimate of drug-likeness (QED) is 0.543. The lowest BCUT2D eigenvalue weighted by Gasteiger charge is -2.10. The van der Waals surface area contributed by atoms with Crippen LogP contribution in [0.3, 0.4) is 0 Å². The maximum absolute atomic E-state index is 12.9. The topological polar surface area (TPSA) is 69.0 Å². The molecule has 0 unspecified atom stereocenters. The highest BCUT2D eigenvalue weighted by molar-refractivity contribution is 7.90. The average Bonchev–Trinajstić information content (AvgIpc) is 2.89.